The van der Waals surface area contributed by atoms with E-state index < -0.39 is 6.04 Å². The number of fused-ring (bicyclic) bond motifs is 1. The van der Waals surface area contributed by atoms with Gasteiger partial charge in [-0.2, -0.15) is 4.57 Å². The van der Waals surface area contributed by atoms with Crippen molar-refractivity contribution in [1.29, 1.82) is 0 Å². The van der Waals surface area contributed by atoms with Gasteiger partial charge in [0.25, 0.3) is 0 Å². The van der Waals surface area contributed by atoms with Crippen molar-refractivity contribution in [1.82, 2.24) is 4.98 Å². The van der Waals surface area contributed by atoms with E-state index in [2.05, 4.69) is 30.4 Å². The van der Waals surface area contributed by atoms with Gasteiger partial charge in [0, 0.05) is 12.0 Å². The molecule has 3 heterocycles. The van der Waals surface area contributed by atoms with Crippen LogP contribution in [0.1, 0.15) is 27.4 Å². The Morgan fingerprint density at radius 2 is 2.00 bits per heavy atom. The van der Waals surface area contributed by atoms with Gasteiger partial charge in [-0.3, -0.25) is 5.32 Å². The molecule has 6 heteroatoms. The summed E-state index contributed by atoms with van der Waals surface area (Å²) in [4.78, 5) is 18.1. The maximum atomic E-state index is 13.2. The van der Waals surface area contributed by atoms with Crippen molar-refractivity contribution in [2.24, 2.45) is 0 Å². The molecule has 2 aromatic heterocycles. The highest BCUT2D eigenvalue weighted by Crippen LogP contribution is 2.26. The molecule has 2 aromatic carbocycles. The number of rotatable bonds is 5. The zero-order valence-electron chi connectivity index (χ0n) is 17.1. The molecule has 1 atom stereocenters. The monoisotopic (exact) mass is 412 g/mol. The van der Waals surface area contributed by atoms with Gasteiger partial charge in [0.05, 0.1) is 12.7 Å². The first-order valence-electron chi connectivity index (χ1n) is 10.2. The molecule has 0 spiro atoms. The molecule has 1 aliphatic rings. The summed E-state index contributed by atoms with van der Waals surface area (Å²) in [5.74, 6) is 1.55. The first kappa shape index (κ1) is 19.1. The number of aryl methyl sites for hydroxylation is 1. The molecule has 154 valence electrons. The number of nitrogens with zero attached hydrogens (tertiary/aromatic N) is 2. The fourth-order valence-corrected chi connectivity index (χ4v) is 3.99. The van der Waals surface area contributed by atoms with Crippen LogP contribution in [0.15, 0.2) is 77.5 Å². The van der Waals surface area contributed by atoms with Crippen LogP contribution in [0.2, 0.25) is 0 Å². The zero-order valence-corrected chi connectivity index (χ0v) is 17.1. The van der Waals surface area contributed by atoms with E-state index in [1.165, 1.54) is 5.56 Å². The average molecular weight is 412 g/mol. The number of phenols is 1. The number of carbonyl (C=O) groups excluding carboxylic acids is 1. The lowest BCUT2D eigenvalue weighted by atomic mass is 10.1. The van der Waals surface area contributed by atoms with Gasteiger partial charge < -0.3 is 9.52 Å². The van der Waals surface area contributed by atoms with E-state index >= 15 is 0 Å². The lowest BCUT2D eigenvalue weighted by Crippen LogP contribution is -2.44. The normalized spacial score (nSPS) is 15.0. The second kappa shape index (κ2) is 7.72. The van der Waals surface area contributed by atoms with Crippen molar-refractivity contribution in [3.63, 3.8) is 0 Å². The van der Waals surface area contributed by atoms with E-state index in [1.54, 1.807) is 35.2 Å². The Morgan fingerprint density at radius 3 is 2.77 bits per heavy atom. The number of nitrogens with one attached hydrogen (secondary N) is 1. The third-order valence-electron chi connectivity index (χ3n) is 5.45. The lowest BCUT2D eigenvalue weighted by molar-refractivity contribution is -0.552. The maximum Gasteiger partial charge on any atom is 0.359 e. The summed E-state index contributed by atoms with van der Waals surface area (Å²) >= 11 is 0. The van der Waals surface area contributed by atoms with Crippen LogP contribution in [0, 0.1) is 6.92 Å². The van der Waals surface area contributed by atoms with E-state index in [0.717, 1.165) is 22.6 Å². The Balaban J connectivity index is 1.58. The summed E-state index contributed by atoms with van der Waals surface area (Å²) in [6.07, 6.45) is 4.39. The number of furan rings is 1. The van der Waals surface area contributed by atoms with Gasteiger partial charge in [-0.05, 0) is 36.8 Å². The Bertz CT molecular complexity index is 1270. The summed E-state index contributed by atoms with van der Waals surface area (Å²) in [5.41, 5.74) is 4.46. The molecule has 5 rings (SSSR count). The van der Waals surface area contributed by atoms with Crippen molar-refractivity contribution in [3.05, 3.63) is 95.7 Å². The molecule has 1 unspecified atom stereocenters. The van der Waals surface area contributed by atoms with E-state index in [4.69, 9.17) is 9.40 Å². The molecular weight excluding hydrogens is 390 g/mol. The Kier molecular flexibility index (Phi) is 4.75. The molecule has 1 aliphatic heterocycles. The van der Waals surface area contributed by atoms with Crippen molar-refractivity contribution >= 4 is 11.7 Å². The van der Waals surface area contributed by atoms with Crippen LogP contribution in [-0.2, 0) is 12.8 Å². The van der Waals surface area contributed by atoms with Crippen molar-refractivity contribution < 1.29 is 18.9 Å². The molecule has 6 nitrogen and oxygen atoms in total. The number of aromatic hydroxyl groups is 1. The first-order chi connectivity index (χ1) is 15.1. The third-order valence-corrected chi connectivity index (χ3v) is 5.45. The Hall–Kier alpha value is -3.93. The van der Waals surface area contributed by atoms with E-state index in [0.29, 0.717) is 24.4 Å². The largest absolute Gasteiger partial charge is 0.508 e. The van der Waals surface area contributed by atoms with Crippen LogP contribution < -0.4 is 9.88 Å². The predicted molar refractivity (Wildman–Crippen MR) is 116 cm³/mol. The van der Waals surface area contributed by atoms with E-state index in [1.807, 2.05) is 24.3 Å². The van der Waals surface area contributed by atoms with Gasteiger partial charge >= 0.3 is 11.7 Å². The van der Waals surface area contributed by atoms with E-state index in [-0.39, 0.29) is 11.7 Å². The van der Waals surface area contributed by atoms with Gasteiger partial charge in [-0.25, -0.2) is 9.78 Å². The molecule has 31 heavy (non-hydrogen) atoms. The molecular formula is C25H22N3O3+. The average Bonchev–Trinajstić information content (AvgIpc) is 3.37. The maximum absolute atomic E-state index is 13.2. The summed E-state index contributed by atoms with van der Waals surface area (Å²) in [6, 6.07) is 18.4. The molecule has 0 bridgehead atoms. The SMILES string of the molecule is Cc1cccc(Cc2nc(-c3cccc(O)c3)c[n+]3c2NC(Cc2ccco2)C3=O)c1. The highest BCUT2D eigenvalue weighted by atomic mass is 16.3. The number of hydrogen-bond donors (Lipinski definition) is 2. The molecule has 0 aliphatic carbocycles. The van der Waals surface area contributed by atoms with Gasteiger partial charge in [0.1, 0.15) is 29.1 Å². The quantitative estimate of drug-likeness (QED) is 0.486. The van der Waals surface area contributed by atoms with E-state index in [9.17, 15) is 9.90 Å². The summed E-state index contributed by atoms with van der Waals surface area (Å²) in [6.45, 7) is 2.06. The Labute approximate surface area is 179 Å². The fourth-order valence-electron chi connectivity index (χ4n) is 3.99. The van der Waals surface area contributed by atoms with Gasteiger partial charge in [0.2, 0.25) is 6.04 Å². The van der Waals surface area contributed by atoms with Crippen LogP contribution in [-0.4, -0.2) is 22.0 Å². The minimum absolute atomic E-state index is 0.0549. The van der Waals surface area contributed by atoms with Crippen molar-refractivity contribution in [2.45, 2.75) is 25.8 Å². The smallest absolute Gasteiger partial charge is 0.359 e. The minimum Gasteiger partial charge on any atom is -0.508 e. The van der Waals surface area contributed by atoms with Crippen LogP contribution in [0.3, 0.4) is 0 Å². The highest BCUT2D eigenvalue weighted by Gasteiger charge is 2.41. The molecule has 0 saturated heterocycles. The molecule has 0 amide bonds. The molecule has 4 aromatic rings. The third kappa shape index (κ3) is 3.80. The van der Waals surface area contributed by atoms with Gasteiger partial charge in [-0.15, -0.1) is 0 Å². The number of hydrogen-bond acceptors (Lipinski definition) is 5. The minimum atomic E-state index is -0.427. The summed E-state index contributed by atoms with van der Waals surface area (Å²) < 4.78 is 7.09. The van der Waals surface area contributed by atoms with Crippen LogP contribution in [0.4, 0.5) is 5.82 Å². The Morgan fingerprint density at radius 1 is 1.13 bits per heavy atom. The van der Waals surface area contributed by atoms with Gasteiger partial charge in [0.15, 0.2) is 0 Å². The number of aromatic nitrogens is 2. The van der Waals surface area contributed by atoms with Gasteiger partial charge in [-0.1, -0.05) is 42.0 Å². The predicted octanol–water partition coefficient (Wildman–Crippen LogP) is 3.91. The molecule has 0 fully saturated rings. The van der Waals surface area contributed by atoms with Crippen molar-refractivity contribution in [2.75, 3.05) is 5.32 Å². The molecule has 2 N–H and O–H groups in total. The second-order valence-corrected chi connectivity index (χ2v) is 7.83. The summed E-state index contributed by atoms with van der Waals surface area (Å²) in [7, 11) is 0. The topological polar surface area (TPSA) is 79.2 Å². The number of phenolic OH excluding ortho intramolecular Hbond substituents is 1. The number of benzene rings is 2. The molecule has 0 radical (unpaired) electrons. The first-order valence-corrected chi connectivity index (χ1v) is 10.2. The van der Waals surface area contributed by atoms with Crippen molar-refractivity contribution in [3.8, 4) is 17.0 Å². The number of carbonyl (C=O) groups is 1. The lowest BCUT2D eigenvalue weighted by Gasteiger charge is -2.08. The standard InChI is InChI=1S/C25H21N3O3/c1-16-5-2-6-17(11-16)12-21-24-27-22(14-20-9-4-10-31-20)25(30)28(24)15-23(26-21)18-7-3-8-19(29)13-18/h2-11,13,15,22,29H,12,14H2,1H3/p+1. The summed E-state index contributed by atoms with van der Waals surface area (Å²) in [5, 5.41) is 13.3. The van der Waals surface area contributed by atoms with Crippen LogP contribution in [0.25, 0.3) is 11.3 Å². The second-order valence-electron chi connectivity index (χ2n) is 7.83. The zero-order chi connectivity index (χ0) is 21.4. The number of anilines is 1. The highest BCUT2D eigenvalue weighted by molar-refractivity contribution is 5.82. The fraction of sp³-hybridized carbons (Fsp3) is 0.160. The van der Waals surface area contributed by atoms with Crippen LogP contribution in [0.5, 0.6) is 5.75 Å². The molecule has 0 saturated carbocycles. The van der Waals surface area contributed by atoms with Crippen LogP contribution >= 0.6 is 0 Å².